The molecule has 27 heavy (non-hydrogen) atoms. The van der Waals surface area contributed by atoms with Crippen LogP contribution in [0, 0.1) is 0 Å². The predicted molar refractivity (Wildman–Crippen MR) is 107 cm³/mol. The first-order valence-electron chi connectivity index (χ1n) is 9.03. The van der Waals surface area contributed by atoms with Crippen LogP contribution in [0.25, 0.3) is 10.9 Å². The van der Waals surface area contributed by atoms with Crippen LogP contribution in [-0.2, 0) is 9.36 Å². The highest BCUT2D eigenvalue weighted by Crippen LogP contribution is 2.64. The second-order valence-electron chi connectivity index (χ2n) is 6.85. The van der Waals surface area contributed by atoms with Gasteiger partial charge in [-0.2, -0.15) is 0 Å². The van der Waals surface area contributed by atoms with E-state index in [-0.39, 0.29) is 0 Å². The van der Waals surface area contributed by atoms with Gasteiger partial charge >= 0.3 is 5.97 Å². The first-order chi connectivity index (χ1) is 12.9. The summed E-state index contributed by atoms with van der Waals surface area (Å²) in [4.78, 5) is 26.2. The van der Waals surface area contributed by atoms with Gasteiger partial charge < -0.3 is 15.0 Å². The summed E-state index contributed by atoms with van der Waals surface area (Å²) < 4.78 is 13.6. The number of fused-ring (bicyclic) bond motifs is 1. The Hall–Kier alpha value is -2.36. The second-order valence-corrected chi connectivity index (χ2v) is 9.64. The van der Waals surface area contributed by atoms with E-state index < -0.39 is 30.6 Å². The van der Waals surface area contributed by atoms with Gasteiger partial charge in [0.1, 0.15) is 0 Å². The zero-order valence-corrected chi connectivity index (χ0v) is 16.3. The molecule has 1 aromatic heterocycles. The molecule has 0 saturated heterocycles. The lowest BCUT2D eigenvalue weighted by atomic mass is 9.96. The highest BCUT2D eigenvalue weighted by molar-refractivity contribution is 7.59. The molecule has 1 heterocycles. The maximum atomic E-state index is 13.6. The van der Waals surface area contributed by atoms with Crippen LogP contribution in [-0.4, -0.2) is 26.6 Å². The molecule has 0 amide bonds. The molecule has 2 aromatic carbocycles. The number of carbonyl (C=O) groups is 1. The topological polar surface area (TPSA) is 90.4 Å². The minimum Gasteiger partial charge on any atom is -0.481 e. The average Bonchev–Trinajstić information content (AvgIpc) is 3.07. The number of nitrogens with one attached hydrogen (secondary N) is 1. The van der Waals surface area contributed by atoms with Gasteiger partial charge in [-0.3, -0.25) is 9.36 Å². The largest absolute Gasteiger partial charge is 0.481 e. The molecule has 0 spiro atoms. The van der Waals surface area contributed by atoms with Crippen molar-refractivity contribution < 1.29 is 19.4 Å². The van der Waals surface area contributed by atoms with E-state index in [9.17, 15) is 19.4 Å². The van der Waals surface area contributed by atoms with Crippen molar-refractivity contribution in [3.05, 3.63) is 71.9 Å². The average molecular weight is 385 g/mol. The minimum atomic E-state index is -3.86. The quantitative estimate of drug-likeness (QED) is 0.491. The van der Waals surface area contributed by atoms with Crippen LogP contribution in [0.5, 0.6) is 0 Å². The summed E-state index contributed by atoms with van der Waals surface area (Å²) in [6.07, 6.45) is 2.22. The molecule has 142 valence electrons. The summed E-state index contributed by atoms with van der Waals surface area (Å²) >= 11 is 0. The minimum absolute atomic E-state index is 0.446. The number of hydrogen-bond donors (Lipinski definition) is 3. The summed E-state index contributed by atoms with van der Waals surface area (Å²) in [6, 6.07) is 16.3. The third-order valence-electron chi connectivity index (χ3n) is 5.30. The van der Waals surface area contributed by atoms with Gasteiger partial charge in [0.25, 0.3) is 0 Å². The number of aliphatic carboxylic acids is 1. The lowest BCUT2D eigenvalue weighted by molar-refractivity contribution is -0.138. The Kier molecular flexibility index (Phi) is 5.54. The molecule has 0 saturated carbocycles. The van der Waals surface area contributed by atoms with Crippen molar-refractivity contribution in [2.45, 2.75) is 37.5 Å². The Labute approximate surface area is 158 Å². The number of carboxylic acid groups (broad SMARTS) is 1. The van der Waals surface area contributed by atoms with Crippen molar-refractivity contribution in [2.75, 3.05) is 0 Å². The molecule has 0 aliphatic carbocycles. The van der Waals surface area contributed by atoms with Gasteiger partial charge in [0.15, 0.2) is 0 Å². The molecule has 0 fully saturated rings. The van der Waals surface area contributed by atoms with E-state index >= 15 is 0 Å². The predicted octanol–water partition coefficient (Wildman–Crippen LogP) is 5.15. The molecule has 0 radical (unpaired) electrons. The van der Waals surface area contributed by atoms with Crippen LogP contribution in [0.4, 0.5) is 0 Å². The Balaban J connectivity index is 2.04. The van der Waals surface area contributed by atoms with Crippen LogP contribution in [0.15, 0.2) is 60.8 Å². The Morgan fingerprint density at radius 1 is 1.11 bits per heavy atom. The molecule has 6 heteroatoms. The lowest BCUT2D eigenvalue weighted by Gasteiger charge is -2.31. The van der Waals surface area contributed by atoms with Gasteiger partial charge in [-0.1, -0.05) is 62.4 Å². The van der Waals surface area contributed by atoms with Crippen molar-refractivity contribution in [1.29, 1.82) is 0 Å². The molecule has 4 atom stereocenters. The van der Waals surface area contributed by atoms with Crippen molar-refractivity contribution in [1.82, 2.24) is 4.98 Å². The van der Waals surface area contributed by atoms with Gasteiger partial charge in [0.05, 0.1) is 17.2 Å². The number of benzene rings is 2. The summed E-state index contributed by atoms with van der Waals surface area (Å²) in [6.45, 7) is 3.43. The van der Waals surface area contributed by atoms with E-state index in [2.05, 4.69) is 4.98 Å². The van der Waals surface area contributed by atoms with Crippen molar-refractivity contribution in [3.8, 4) is 0 Å². The Morgan fingerprint density at radius 3 is 2.37 bits per heavy atom. The van der Waals surface area contributed by atoms with E-state index in [1.165, 1.54) is 0 Å². The van der Waals surface area contributed by atoms with Crippen LogP contribution in [0.2, 0.25) is 0 Å². The number of aromatic amines is 1. The Bertz CT molecular complexity index is 982. The molecular formula is C21H24NO4P. The molecule has 0 aliphatic heterocycles. The molecule has 4 unspecified atom stereocenters. The number of rotatable bonds is 7. The molecule has 0 aliphatic rings. The number of H-pyrrole nitrogens is 1. The molecule has 3 rings (SSSR count). The zero-order valence-electron chi connectivity index (χ0n) is 15.4. The molecular weight excluding hydrogens is 361 g/mol. The van der Waals surface area contributed by atoms with E-state index in [0.717, 1.165) is 16.5 Å². The number of carboxylic acids is 1. The third-order valence-corrected chi connectivity index (χ3v) is 8.31. The summed E-state index contributed by atoms with van der Waals surface area (Å²) in [5.74, 6) is -2.13. The van der Waals surface area contributed by atoms with Crippen molar-refractivity contribution in [3.63, 3.8) is 0 Å². The van der Waals surface area contributed by atoms with E-state index in [1.54, 1.807) is 43.5 Å². The molecule has 0 bridgehead atoms. The SMILES string of the molecule is CCC(c1c[nH]c2ccccc12)P(=O)(O)C(C)C(C(=O)O)c1ccccc1. The fraction of sp³-hybridized carbons (Fsp3) is 0.286. The highest BCUT2D eigenvalue weighted by atomic mass is 31.2. The van der Waals surface area contributed by atoms with Crippen molar-refractivity contribution >= 4 is 24.2 Å². The van der Waals surface area contributed by atoms with Crippen molar-refractivity contribution in [2.24, 2.45) is 0 Å². The Morgan fingerprint density at radius 2 is 1.74 bits per heavy atom. The van der Waals surface area contributed by atoms with Gasteiger partial charge in [-0.05, 0) is 23.6 Å². The summed E-state index contributed by atoms with van der Waals surface area (Å²) in [7, 11) is -3.86. The van der Waals surface area contributed by atoms with Gasteiger partial charge in [-0.25, -0.2) is 0 Å². The van der Waals surface area contributed by atoms with Crippen LogP contribution in [0.3, 0.4) is 0 Å². The standard InChI is InChI=1S/C21H24NO4P/c1-3-19(17-13-22-18-12-8-7-11-16(17)18)27(25,26)14(2)20(21(23)24)15-9-5-4-6-10-15/h4-14,19-20,22H,3H2,1-2H3,(H,23,24)(H,25,26). The summed E-state index contributed by atoms with van der Waals surface area (Å²) in [5.41, 5.74) is 0.658. The molecule has 3 aromatic rings. The second kappa shape index (κ2) is 7.71. The zero-order chi connectivity index (χ0) is 19.6. The van der Waals surface area contributed by atoms with Gasteiger partial charge in [0, 0.05) is 17.1 Å². The lowest BCUT2D eigenvalue weighted by Crippen LogP contribution is -2.25. The van der Waals surface area contributed by atoms with Gasteiger partial charge in [0.2, 0.25) is 7.37 Å². The summed E-state index contributed by atoms with van der Waals surface area (Å²) in [5, 5.41) is 10.7. The normalized spacial score (nSPS) is 17.1. The first kappa shape index (κ1) is 19.4. The van der Waals surface area contributed by atoms with E-state index in [0.29, 0.717) is 12.0 Å². The number of hydrogen-bond acceptors (Lipinski definition) is 2. The van der Waals surface area contributed by atoms with Gasteiger partial charge in [-0.15, -0.1) is 0 Å². The maximum Gasteiger partial charge on any atom is 0.311 e. The number of aromatic nitrogens is 1. The number of para-hydroxylation sites is 1. The fourth-order valence-electron chi connectivity index (χ4n) is 3.84. The monoisotopic (exact) mass is 385 g/mol. The van der Waals surface area contributed by atoms with Crippen LogP contribution < -0.4 is 0 Å². The first-order valence-corrected chi connectivity index (χ1v) is 10.8. The van der Waals surface area contributed by atoms with E-state index in [1.807, 2.05) is 31.2 Å². The fourth-order valence-corrected chi connectivity index (χ4v) is 6.27. The smallest absolute Gasteiger partial charge is 0.311 e. The maximum absolute atomic E-state index is 13.6. The van der Waals surface area contributed by atoms with Crippen LogP contribution >= 0.6 is 7.37 Å². The van der Waals surface area contributed by atoms with Crippen LogP contribution in [0.1, 0.15) is 43.0 Å². The molecule has 5 nitrogen and oxygen atoms in total. The highest BCUT2D eigenvalue weighted by Gasteiger charge is 2.44. The van der Waals surface area contributed by atoms with E-state index in [4.69, 9.17) is 0 Å². The molecule has 3 N–H and O–H groups in total. The third kappa shape index (κ3) is 3.58.